The largest absolute Gasteiger partial charge is 0.435 e. The van der Waals surface area contributed by atoms with Crippen LogP contribution >= 0.6 is 0 Å². The lowest BCUT2D eigenvalue weighted by Crippen LogP contribution is -2.54. The summed E-state index contributed by atoms with van der Waals surface area (Å²) in [7, 11) is 0. The summed E-state index contributed by atoms with van der Waals surface area (Å²) in [6, 6.07) is 5.02. The summed E-state index contributed by atoms with van der Waals surface area (Å²) in [5, 5.41) is 9.55. The Hall–Kier alpha value is -1.90. The molecule has 1 saturated heterocycles. The highest BCUT2D eigenvalue weighted by atomic mass is 19.4. The minimum Gasteiger partial charge on any atom is -0.435 e. The highest BCUT2D eigenvalue weighted by molar-refractivity contribution is 5.94. The molecule has 1 aliphatic rings. The van der Waals surface area contributed by atoms with Crippen LogP contribution in [0, 0.1) is 0 Å². The summed E-state index contributed by atoms with van der Waals surface area (Å²) in [6.07, 6.45) is -6.02. The number of ether oxygens (including phenoxy) is 1. The molecule has 9 heteroatoms. The van der Waals surface area contributed by atoms with E-state index in [0.29, 0.717) is 0 Å². The molecule has 0 atom stereocenters. The zero-order valence-electron chi connectivity index (χ0n) is 11.8. The van der Waals surface area contributed by atoms with E-state index in [0.717, 1.165) is 11.0 Å². The number of carbonyl (C=O) groups is 1. The van der Waals surface area contributed by atoms with Gasteiger partial charge >= 0.3 is 12.8 Å². The third kappa shape index (κ3) is 3.90. The minimum atomic E-state index is -4.76. The van der Waals surface area contributed by atoms with E-state index in [1.807, 2.05) is 0 Å². The van der Waals surface area contributed by atoms with Gasteiger partial charge in [-0.1, -0.05) is 6.07 Å². The van der Waals surface area contributed by atoms with Crippen LogP contribution in [0.25, 0.3) is 0 Å². The Bertz CT molecular complexity index is 568. The zero-order chi connectivity index (χ0) is 17.3. The number of benzene rings is 1. The third-order valence-corrected chi connectivity index (χ3v) is 3.71. The van der Waals surface area contributed by atoms with E-state index in [9.17, 15) is 31.9 Å². The lowest BCUT2D eigenvalue weighted by atomic mass is 9.90. The average molecular weight is 339 g/mol. The van der Waals surface area contributed by atoms with E-state index < -0.39 is 37.1 Å². The highest BCUT2D eigenvalue weighted by Crippen LogP contribution is 2.38. The lowest BCUT2D eigenvalue weighted by Gasteiger charge is -2.39. The van der Waals surface area contributed by atoms with Crippen LogP contribution in [-0.4, -0.2) is 47.4 Å². The Morgan fingerprint density at radius 2 is 1.87 bits per heavy atom. The summed E-state index contributed by atoms with van der Waals surface area (Å²) in [4.78, 5) is 13.4. The van der Waals surface area contributed by atoms with E-state index >= 15 is 0 Å². The molecule has 0 saturated carbocycles. The number of aliphatic hydroxyl groups is 1. The Morgan fingerprint density at radius 3 is 2.39 bits per heavy atom. The van der Waals surface area contributed by atoms with Gasteiger partial charge in [0.25, 0.3) is 5.91 Å². The quantitative estimate of drug-likeness (QED) is 0.862. The lowest BCUT2D eigenvalue weighted by molar-refractivity contribution is -0.271. The van der Waals surface area contributed by atoms with Crippen LogP contribution in [0.5, 0.6) is 5.75 Å². The SMILES string of the molecule is O=C(c1cccc(OC(F)F)c1)N1CCC(O)(C(F)(F)F)CC1. The van der Waals surface area contributed by atoms with Crippen LogP contribution in [0.3, 0.4) is 0 Å². The number of nitrogens with zero attached hydrogens (tertiary/aromatic N) is 1. The van der Waals surface area contributed by atoms with Gasteiger partial charge in [0.2, 0.25) is 0 Å². The van der Waals surface area contributed by atoms with Crippen molar-refractivity contribution in [3.05, 3.63) is 29.8 Å². The van der Waals surface area contributed by atoms with Crippen LogP contribution in [0.4, 0.5) is 22.0 Å². The Balaban J connectivity index is 2.06. The number of rotatable bonds is 3. The van der Waals surface area contributed by atoms with Gasteiger partial charge in [-0.05, 0) is 18.2 Å². The predicted octanol–water partition coefficient (Wildman–Crippen LogP) is 2.82. The minimum absolute atomic E-state index is 0.0283. The van der Waals surface area contributed by atoms with Crippen molar-refractivity contribution >= 4 is 5.91 Å². The van der Waals surface area contributed by atoms with Crippen LogP contribution in [0.2, 0.25) is 0 Å². The first-order valence-electron chi connectivity index (χ1n) is 6.76. The van der Waals surface area contributed by atoms with Crippen LogP contribution in [-0.2, 0) is 0 Å². The van der Waals surface area contributed by atoms with E-state index in [2.05, 4.69) is 4.74 Å². The van der Waals surface area contributed by atoms with Crippen molar-refractivity contribution in [2.45, 2.75) is 31.2 Å². The number of carbonyl (C=O) groups excluding carboxylic acids is 1. The first-order chi connectivity index (χ1) is 10.6. The standard InChI is InChI=1S/C14H14F5NO3/c15-12(16)23-10-3-1-2-9(8-10)11(21)20-6-4-13(22,5-7-20)14(17,18)19/h1-3,8,12,22H,4-7H2. The molecule has 23 heavy (non-hydrogen) atoms. The maximum absolute atomic E-state index is 12.7. The first-order valence-corrected chi connectivity index (χ1v) is 6.76. The summed E-state index contributed by atoms with van der Waals surface area (Å²) in [5.74, 6) is -0.816. The molecular formula is C14H14F5NO3. The van der Waals surface area contributed by atoms with E-state index in [4.69, 9.17) is 0 Å². The number of piperidine rings is 1. The molecule has 0 aromatic heterocycles. The number of likely N-dealkylation sites (tertiary alicyclic amines) is 1. The summed E-state index contributed by atoms with van der Waals surface area (Å²) >= 11 is 0. The van der Waals surface area contributed by atoms with Gasteiger partial charge < -0.3 is 14.7 Å². The second-order valence-electron chi connectivity index (χ2n) is 5.23. The number of amides is 1. The van der Waals surface area contributed by atoms with Crippen molar-refractivity contribution in [2.75, 3.05) is 13.1 Å². The number of hydrogen-bond donors (Lipinski definition) is 1. The second kappa shape index (κ2) is 6.31. The van der Waals surface area contributed by atoms with Gasteiger partial charge in [0.05, 0.1) is 0 Å². The molecule has 0 aliphatic carbocycles. The van der Waals surface area contributed by atoms with Gasteiger partial charge in [0.1, 0.15) is 5.75 Å². The van der Waals surface area contributed by atoms with Crippen LogP contribution < -0.4 is 4.74 Å². The monoisotopic (exact) mass is 339 g/mol. The zero-order valence-corrected chi connectivity index (χ0v) is 11.8. The Kier molecular flexibility index (Phi) is 4.79. The van der Waals surface area contributed by atoms with Crippen LogP contribution in [0.1, 0.15) is 23.2 Å². The van der Waals surface area contributed by atoms with Crippen LogP contribution in [0.15, 0.2) is 24.3 Å². The van der Waals surface area contributed by atoms with Crippen molar-refractivity contribution < 1.29 is 36.6 Å². The predicted molar refractivity (Wildman–Crippen MR) is 69.2 cm³/mol. The highest BCUT2D eigenvalue weighted by Gasteiger charge is 2.54. The molecule has 1 aromatic carbocycles. The molecule has 2 rings (SSSR count). The van der Waals surface area contributed by atoms with Crippen molar-refractivity contribution in [1.82, 2.24) is 4.90 Å². The molecule has 1 fully saturated rings. The van der Waals surface area contributed by atoms with Gasteiger partial charge in [-0.15, -0.1) is 0 Å². The molecule has 1 amide bonds. The fourth-order valence-corrected chi connectivity index (χ4v) is 2.35. The Morgan fingerprint density at radius 1 is 1.26 bits per heavy atom. The maximum Gasteiger partial charge on any atom is 0.417 e. The van der Waals surface area contributed by atoms with Crippen molar-refractivity contribution in [3.8, 4) is 5.75 Å². The fourth-order valence-electron chi connectivity index (χ4n) is 2.35. The molecule has 1 N–H and O–H groups in total. The molecular weight excluding hydrogens is 325 g/mol. The summed E-state index contributed by atoms with van der Waals surface area (Å²) < 4.78 is 66.6. The topological polar surface area (TPSA) is 49.8 Å². The first kappa shape index (κ1) is 17.5. The molecule has 1 aromatic rings. The molecule has 128 valence electrons. The van der Waals surface area contributed by atoms with E-state index in [-0.39, 0.29) is 24.4 Å². The normalized spacial score (nSPS) is 18.1. The average Bonchev–Trinajstić information content (AvgIpc) is 2.46. The smallest absolute Gasteiger partial charge is 0.417 e. The van der Waals surface area contributed by atoms with Gasteiger partial charge in [-0.3, -0.25) is 4.79 Å². The Labute approximate surface area is 128 Å². The van der Waals surface area contributed by atoms with Crippen molar-refractivity contribution in [3.63, 3.8) is 0 Å². The molecule has 0 unspecified atom stereocenters. The molecule has 1 heterocycles. The van der Waals surface area contributed by atoms with E-state index in [1.165, 1.54) is 18.2 Å². The summed E-state index contributed by atoms with van der Waals surface area (Å²) in [6.45, 7) is -3.61. The maximum atomic E-state index is 12.7. The number of alkyl halides is 5. The number of hydrogen-bond acceptors (Lipinski definition) is 3. The molecule has 0 bridgehead atoms. The number of halogens is 5. The molecule has 0 radical (unpaired) electrons. The van der Waals surface area contributed by atoms with Crippen molar-refractivity contribution in [1.29, 1.82) is 0 Å². The molecule has 4 nitrogen and oxygen atoms in total. The van der Waals surface area contributed by atoms with Gasteiger partial charge in [0, 0.05) is 31.5 Å². The van der Waals surface area contributed by atoms with Crippen molar-refractivity contribution in [2.24, 2.45) is 0 Å². The summed E-state index contributed by atoms with van der Waals surface area (Å²) in [5.41, 5.74) is -2.77. The fraction of sp³-hybridized carbons (Fsp3) is 0.500. The van der Waals surface area contributed by atoms with Gasteiger partial charge in [-0.2, -0.15) is 22.0 Å². The molecule has 0 spiro atoms. The van der Waals surface area contributed by atoms with Gasteiger partial charge in [-0.25, -0.2) is 0 Å². The second-order valence-corrected chi connectivity index (χ2v) is 5.23. The third-order valence-electron chi connectivity index (χ3n) is 3.71. The van der Waals surface area contributed by atoms with E-state index in [1.54, 1.807) is 0 Å². The van der Waals surface area contributed by atoms with Gasteiger partial charge in [0.15, 0.2) is 5.60 Å². The molecule has 1 aliphatic heterocycles.